The van der Waals surface area contributed by atoms with Crippen LogP contribution in [0.3, 0.4) is 0 Å². The number of azo groups is 1. The summed E-state index contributed by atoms with van der Waals surface area (Å²) in [6.45, 7) is 2.75. The Morgan fingerprint density at radius 2 is 1.68 bits per heavy atom. The molecule has 0 unspecified atom stereocenters. The molecule has 4 rings (SSSR count). The van der Waals surface area contributed by atoms with Crippen LogP contribution < -0.4 is 5.32 Å². The number of carbonyl (C=O) groups is 1. The van der Waals surface area contributed by atoms with Gasteiger partial charge in [0.1, 0.15) is 5.82 Å². The average Bonchev–Trinajstić information content (AvgIpc) is 3.30. The molecule has 1 aromatic heterocycles. The molecule has 4 aromatic rings. The van der Waals surface area contributed by atoms with Gasteiger partial charge >= 0.3 is 0 Å². The van der Waals surface area contributed by atoms with E-state index in [-0.39, 0.29) is 11.7 Å². The second-order valence-corrected chi connectivity index (χ2v) is 10.6. The summed E-state index contributed by atoms with van der Waals surface area (Å²) < 4.78 is 2.03. The molecule has 1 heterocycles. The topological polar surface area (TPSA) is 84.5 Å². The Morgan fingerprint density at radius 1 is 0.946 bits per heavy atom. The van der Waals surface area contributed by atoms with E-state index in [9.17, 15) is 4.79 Å². The maximum atomic E-state index is 12.5. The summed E-state index contributed by atoms with van der Waals surface area (Å²) in [4.78, 5) is 12.5. The molecule has 0 aliphatic rings. The van der Waals surface area contributed by atoms with E-state index in [1.807, 2.05) is 66.1 Å². The Kier molecular flexibility index (Phi) is 10.0. The fourth-order valence-electron chi connectivity index (χ4n) is 3.29. The molecule has 190 valence electrons. The Morgan fingerprint density at radius 3 is 2.38 bits per heavy atom. The molecule has 1 amide bonds. The van der Waals surface area contributed by atoms with E-state index in [1.165, 1.54) is 11.8 Å². The van der Waals surface area contributed by atoms with Crippen molar-refractivity contribution < 1.29 is 4.79 Å². The van der Waals surface area contributed by atoms with Crippen LogP contribution in [0.4, 0.5) is 17.1 Å². The number of halogens is 2. The molecule has 0 bridgehead atoms. The number of thioether (sulfide) groups is 2. The molecule has 37 heavy (non-hydrogen) atoms. The maximum Gasteiger partial charge on any atom is 0.234 e. The highest BCUT2D eigenvalue weighted by molar-refractivity contribution is 7.99. The van der Waals surface area contributed by atoms with Gasteiger partial charge in [0, 0.05) is 28.0 Å². The lowest BCUT2D eigenvalue weighted by atomic mass is 10.2. The van der Waals surface area contributed by atoms with Gasteiger partial charge < -0.3 is 9.88 Å². The molecular weight excluding hydrogens is 547 g/mol. The summed E-state index contributed by atoms with van der Waals surface area (Å²) in [6.07, 6.45) is 0. The molecule has 1 N–H and O–H groups in total. The van der Waals surface area contributed by atoms with Gasteiger partial charge in [-0.1, -0.05) is 59.2 Å². The number of amides is 1. The molecule has 0 atom stereocenters. The van der Waals surface area contributed by atoms with E-state index in [2.05, 4.69) is 25.7 Å². The largest absolute Gasteiger partial charge is 0.325 e. The van der Waals surface area contributed by atoms with Gasteiger partial charge in [-0.2, -0.15) is 10.2 Å². The molecule has 0 saturated carbocycles. The predicted octanol–water partition coefficient (Wildman–Crippen LogP) is 8.18. The van der Waals surface area contributed by atoms with Crippen LogP contribution >= 0.6 is 46.7 Å². The minimum atomic E-state index is -0.123. The summed E-state index contributed by atoms with van der Waals surface area (Å²) in [6, 6.07) is 22.3. The first-order valence-corrected chi connectivity index (χ1v) is 14.3. The van der Waals surface area contributed by atoms with Crippen LogP contribution in [0.25, 0.3) is 0 Å². The zero-order valence-corrected chi connectivity index (χ0v) is 23.1. The second-order valence-electron chi connectivity index (χ2n) is 7.79. The zero-order chi connectivity index (χ0) is 26.0. The first-order chi connectivity index (χ1) is 18.0. The van der Waals surface area contributed by atoms with E-state index < -0.39 is 0 Å². The number of aromatic nitrogens is 3. The van der Waals surface area contributed by atoms with Crippen molar-refractivity contribution >= 4 is 69.7 Å². The quantitative estimate of drug-likeness (QED) is 0.145. The van der Waals surface area contributed by atoms with Gasteiger partial charge in [0.05, 0.1) is 22.9 Å². The number of benzene rings is 3. The van der Waals surface area contributed by atoms with Crippen LogP contribution in [0.15, 0.2) is 88.2 Å². The van der Waals surface area contributed by atoms with Gasteiger partial charge in [-0.3, -0.25) is 4.79 Å². The molecular formula is C26H24Cl2N6OS2. The lowest BCUT2D eigenvalue weighted by Crippen LogP contribution is -2.14. The first kappa shape index (κ1) is 27.2. The molecule has 7 nitrogen and oxygen atoms in total. The number of hydrogen-bond donors (Lipinski definition) is 1. The van der Waals surface area contributed by atoms with Crippen molar-refractivity contribution in [3.8, 4) is 0 Å². The molecule has 0 fully saturated rings. The van der Waals surface area contributed by atoms with Crippen molar-refractivity contribution in [1.82, 2.24) is 14.8 Å². The van der Waals surface area contributed by atoms with Gasteiger partial charge in [0.25, 0.3) is 0 Å². The number of hydrogen-bond acceptors (Lipinski definition) is 7. The summed E-state index contributed by atoms with van der Waals surface area (Å²) in [5.41, 5.74) is 3.21. The lowest BCUT2D eigenvalue weighted by molar-refractivity contribution is -0.113. The molecule has 0 aliphatic carbocycles. The summed E-state index contributed by atoms with van der Waals surface area (Å²) >= 11 is 15.3. The van der Waals surface area contributed by atoms with Crippen molar-refractivity contribution in [2.45, 2.75) is 30.1 Å². The van der Waals surface area contributed by atoms with Crippen LogP contribution in [0, 0.1) is 0 Å². The second kappa shape index (κ2) is 13.6. The Bertz CT molecular complexity index is 1360. The van der Waals surface area contributed by atoms with Gasteiger partial charge in [0.2, 0.25) is 5.91 Å². The van der Waals surface area contributed by atoms with Gasteiger partial charge in [0.15, 0.2) is 5.16 Å². The smallest absolute Gasteiger partial charge is 0.234 e. The van der Waals surface area contributed by atoms with E-state index in [0.717, 1.165) is 28.0 Å². The molecule has 0 saturated heterocycles. The van der Waals surface area contributed by atoms with Gasteiger partial charge in [-0.15, -0.1) is 22.0 Å². The Balaban J connectivity index is 1.26. The standard InChI is InChI=1S/C26H24Cl2N6OS2/c1-2-34-24(16-36-15-18-8-9-19(27)14-23(18)28)32-33-26(34)37-17-25(35)29-20-10-12-22(13-11-20)31-30-21-6-4-3-5-7-21/h3-14H,2,15-17H2,1H3,(H,29,35). The number of nitrogens with zero attached hydrogens (tertiary/aromatic N) is 5. The van der Waals surface area contributed by atoms with Crippen molar-refractivity contribution in [3.63, 3.8) is 0 Å². The van der Waals surface area contributed by atoms with E-state index in [1.54, 1.807) is 30.0 Å². The third kappa shape index (κ3) is 8.07. The highest BCUT2D eigenvalue weighted by Gasteiger charge is 2.14. The van der Waals surface area contributed by atoms with E-state index in [0.29, 0.717) is 33.7 Å². The van der Waals surface area contributed by atoms with Crippen LogP contribution in [0.1, 0.15) is 18.3 Å². The molecule has 0 radical (unpaired) electrons. The monoisotopic (exact) mass is 570 g/mol. The van der Waals surface area contributed by atoms with Crippen LogP contribution in [-0.4, -0.2) is 26.4 Å². The molecule has 0 spiro atoms. The predicted molar refractivity (Wildman–Crippen MR) is 154 cm³/mol. The van der Waals surface area contributed by atoms with E-state index >= 15 is 0 Å². The fraction of sp³-hybridized carbons (Fsp3) is 0.192. The maximum absolute atomic E-state index is 12.5. The first-order valence-electron chi connectivity index (χ1n) is 11.4. The van der Waals surface area contributed by atoms with E-state index in [4.69, 9.17) is 23.2 Å². The molecule has 3 aromatic carbocycles. The van der Waals surface area contributed by atoms with Crippen molar-refractivity contribution in [2.24, 2.45) is 10.2 Å². The Labute approximate surface area is 234 Å². The number of anilines is 1. The van der Waals surface area contributed by atoms with Gasteiger partial charge in [-0.25, -0.2) is 0 Å². The SMILES string of the molecule is CCn1c(CSCc2ccc(Cl)cc2Cl)nnc1SCC(=O)Nc1ccc(N=Nc2ccccc2)cc1. The van der Waals surface area contributed by atoms with Gasteiger partial charge in [-0.05, 0) is 61.0 Å². The minimum absolute atomic E-state index is 0.123. The average molecular weight is 572 g/mol. The highest BCUT2D eigenvalue weighted by Crippen LogP contribution is 2.27. The summed E-state index contributed by atoms with van der Waals surface area (Å²) in [7, 11) is 0. The third-order valence-electron chi connectivity index (χ3n) is 5.13. The minimum Gasteiger partial charge on any atom is -0.325 e. The third-order valence-corrected chi connectivity index (χ3v) is 7.67. The number of carbonyl (C=O) groups excluding carboxylic acids is 1. The van der Waals surface area contributed by atoms with Crippen LogP contribution in [-0.2, 0) is 22.8 Å². The lowest BCUT2D eigenvalue weighted by Gasteiger charge is -2.08. The Hall–Kier alpha value is -2.85. The molecule has 11 heteroatoms. The van der Waals surface area contributed by atoms with Crippen LogP contribution in [0.5, 0.6) is 0 Å². The number of rotatable bonds is 11. The van der Waals surface area contributed by atoms with Crippen molar-refractivity contribution in [3.05, 3.63) is 94.2 Å². The highest BCUT2D eigenvalue weighted by atomic mass is 35.5. The normalized spacial score (nSPS) is 11.2. The number of nitrogens with one attached hydrogen (secondary N) is 1. The van der Waals surface area contributed by atoms with Crippen molar-refractivity contribution in [1.29, 1.82) is 0 Å². The summed E-state index contributed by atoms with van der Waals surface area (Å²) in [5, 5.41) is 21.9. The fourth-order valence-corrected chi connectivity index (χ4v) is 5.64. The van der Waals surface area contributed by atoms with Crippen LogP contribution in [0.2, 0.25) is 10.0 Å². The molecule has 0 aliphatic heterocycles. The van der Waals surface area contributed by atoms with Crippen molar-refractivity contribution in [2.75, 3.05) is 11.1 Å². The summed E-state index contributed by atoms with van der Waals surface area (Å²) in [5.74, 6) is 2.38. The zero-order valence-electron chi connectivity index (χ0n) is 20.0.